The van der Waals surface area contributed by atoms with Crippen molar-refractivity contribution in [3.8, 4) is 0 Å². The number of hydrogen-bond acceptors (Lipinski definition) is 7. The standard InChI is InChI=1S/C34H61O7PS/c1-7-13-19-21-39-33(35)30-27-31(34(36)40-22-20-14-8-2)29-32(28-30)43(37,38)41-42(23-15-9-3,24-16-10-4,25-17-11-5)26-18-12-6/h27-29H,7-26H2,1-6H3. The Labute approximate surface area is 263 Å². The quantitative estimate of drug-likeness (QED) is 0.0594. The summed E-state index contributed by atoms with van der Waals surface area (Å²) in [5.41, 5.74) is 0.0393. The van der Waals surface area contributed by atoms with Crippen LogP contribution >= 0.6 is 6.83 Å². The van der Waals surface area contributed by atoms with Crippen molar-refractivity contribution in [2.24, 2.45) is 0 Å². The van der Waals surface area contributed by atoms with Gasteiger partial charge in [-0.3, -0.25) is 0 Å². The SMILES string of the molecule is CCCCCOC(=O)c1cc(C(=O)OCCCCC)cc(S(=O)(=O)OP(CCCC)(CCCC)(CCCC)CCCC)c1. The van der Waals surface area contributed by atoms with Crippen LogP contribution in [0, 0.1) is 0 Å². The second-order valence-corrected chi connectivity index (χ2v) is 19.6. The van der Waals surface area contributed by atoms with Crippen molar-refractivity contribution in [3.63, 3.8) is 0 Å². The fourth-order valence-electron chi connectivity index (χ4n) is 5.55. The Kier molecular flexibility index (Phi) is 18.9. The molecule has 0 atom stereocenters. The number of hydrogen-bond donors (Lipinski definition) is 0. The van der Waals surface area contributed by atoms with Crippen LogP contribution in [0.1, 0.15) is 152 Å². The van der Waals surface area contributed by atoms with E-state index in [0.29, 0.717) is 12.8 Å². The number of carbonyl (C=O) groups is 2. The summed E-state index contributed by atoms with van der Waals surface area (Å²) in [7, 11) is -4.33. The van der Waals surface area contributed by atoms with Gasteiger partial charge in [-0.05, 0) is 0 Å². The summed E-state index contributed by atoms with van der Waals surface area (Å²) in [6.07, 6.45) is 15.8. The predicted octanol–water partition coefficient (Wildman–Crippen LogP) is 9.75. The zero-order chi connectivity index (χ0) is 32.2. The third kappa shape index (κ3) is 13.2. The fourth-order valence-corrected chi connectivity index (χ4v) is 15.7. The molecule has 0 unspecified atom stereocenters. The van der Waals surface area contributed by atoms with Crippen LogP contribution in [0.4, 0.5) is 0 Å². The second-order valence-electron chi connectivity index (χ2n) is 12.1. The minimum absolute atomic E-state index is 0.0197. The van der Waals surface area contributed by atoms with E-state index in [9.17, 15) is 18.0 Å². The average Bonchev–Trinajstić information content (AvgIpc) is 3.01. The van der Waals surface area contributed by atoms with E-state index in [-0.39, 0.29) is 29.2 Å². The molecule has 0 spiro atoms. The first-order valence-corrected chi connectivity index (χ1v) is 21.3. The van der Waals surface area contributed by atoms with Gasteiger partial charge in [-0.25, -0.2) is 0 Å². The second kappa shape index (κ2) is 20.5. The molecule has 1 aromatic rings. The van der Waals surface area contributed by atoms with Gasteiger partial charge in [0.15, 0.2) is 0 Å². The van der Waals surface area contributed by atoms with Gasteiger partial charge in [0.25, 0.3) is 0 Å². The van der Waals surface area contributed by atoms with Crippen molar-refractivity contribution in [3.05, 3.63) is 29.3 Å². The Morgan fingerprint density at radius 2 is 0.907 bits per heavy atom. The number of benzene rings is 1. The number of ether oxygens (including phenoxy) is 2. The van der Waals surface area contributed by atoms with E-state index >= 15 is 0 Å². The molecule has 0 N–H and O–H groups in total. The van der Waals surface area contributed by atoms with Crippen molar-refractivity contribution in [1.29, 1.82) is 0 Å². The van der Waals surface area contributed by atoms with Crippen LogP contribution in [0.2, 0.25) is 0 Å². The van der Waals surface area contributed by atoms with Crippen molar-refractivity contribution < 1.29 is 31.5 Å². The fraction of sp³-hybridized carbons (Fsp3) is 0.765. The zero-order valence-corrected chi connectivity index (χ0v) is 29.8. The van der Waals surface area contributed by atoms with Gasteiger partial charge in [-0.1, -0.05) is 0 Å². The summed E-state index contributed by atoms with van der Waals surface area (Å²) < 4.78 is 46.3. The molecule has 0 aliphatic rings. The molecule has 0 heterocycles. The summed E-state index contributed by atoms with van der Waals surface area (Å²) in [6, 6.07) is 4.01. The van der Waals surface area contributed by atoms with E-state index in [0.717, 1.165) is 102 Å². The monoisotopic (exact) mass is 644 g/mol. The number of carbonyl (C=O) groups excluding carboxylic acids is 2. The first-order valence-electron chi connectivity index (χ1n) is 17.0. The molecule has 1 aromatic carbocycles. The van der Waals surface area contributed by atoms with Gasteiger partial charge >= 0.3 is 264 Å². The third-order valence-electron chi connectivity index (χ3n) is 8.25. The predicted molar refractivity (Wildman–Crippen MR) is 180 cm³/mol. The topological polar surface area (TPSA) is 96.0 Å². The Bertz CT molecular complexity index is 985. The summed E-state index contributed by atoms with van der Waals surface area (Å²) in [5, 5.41) is 0. The molecule has 0 saturated carbocycles. The Morgan fingerprint density at radius 3 is 1.23 bits per heavy atom. The Balaban J connectivity index is 3.70. The van der Waals surface area contributed by atoms with Gasteiger partial charge in [0.1, 0.15) is 0 Å². The molecule has 1 rings (SSSR count). The molecule has 250 valence electrons. The molecule has 43 heavy (non-hydrogen) atoms. The van der Waals surface area contributed by atoms with Crippen molar-refractivity contribution in [2.45, 2.75) is 136 Å². The van der Waals surface area contributed by atoms with Crippen molar-refractivity contribution in [1.82, 2.24) is 0 Å². The maximum atomic E-state index is 14.4. The molecule has 7 nitrogen and oxygen atoms in total. The van der Waals surface area contributed by atoms with Crippen molar-refractivity contribution >= 4 is 28.9 Å². The molecule has 0 radical (unpaired) electrons. The summed E-state index contributed by atoms with van der Waals surface area (Å²) in [6.45, 7) is 9.89. The average molecular weight is 645 g/mol. The summed E-state index contributed by atoms with van der Waals surface area (Å²) in [5.74, 6) is -1.31. The van der Waals surface area contributed by atoms with Crippen LogP contribution < -0.4 is 0 Å². The molecule has 0 fully saturated rings. The first kappa shape index (κ1) is 39.5. The van der Waals surface area contributed by atoms with Gasteiger partial charge in [-0.15, -0.1) is 0 Å². The zero-order valence-electron chi connectivity index (χ0n) is 28.1. The number of unbranched alkanes of at least 4 members (excludes halogenated alkanes) is 8. The van der Waals surface area contributed by atoms with E-state index in [4.69, 9.17) is 13.4 Å². The first-order chi connectivity index (χ1) is 20.6. The minimum atomic E-state index is -4.33. The molecule has 0 aliphatic carbocycles. The van der Waals surface area contributed by atoms with E-state index in [1.807, 2.05) is 0 Å². The van der Waals surface area contributed by atoms with Crippen LogP contribution in [-0.4, -0.2) is 58.2 Å². The van der Waals surface area contributed by atoms with Gasteiger partial charge in [-0.2, -0.15) is 0 Å². The summed E-state index contributed by atoms with van der Waals surface area (Å²) >= 11 is 0. The van der Waals surface area contributed by atoms with Crippen LogP contribution in [0.15, 0.2) is 23.1 Å². The maximum absolute atomic E-state index is 14.4. The molecule has 0 bridgehead atoms. The number of esters is 2. The van der Waals surface area contributed by atoms with Crippen LogP contribution in [0.25, 0.3) is 0 Å². The molecule has 0 amide bonds. The van der Waals surface area contributed by atoms with Crippen LogP contribution in [-0.2, 0) is 23.6 Å². The summed E-state index contributed by atoms with van der Waals surface area (Å²) in [4.78, 5) is 26.0. The molecule has 0 saturated heterocycles. The third-order valence-corrected chi connectivity index (χ3v) is 17.3. The van der Waals surface area contributed by atoms with E-state index in [1.54, 1.807) is 0 Å². The molecule has 0 aliphatic heterocycles. The van der Waals surface area contributed by atoms with Gasteiger partial charge < -0.3 is 0 Å². The Hall–Kier alpha value is -1.50. The molecular weight excluding hydrogens is 583 g/mol. The normalized spacial score (nSPS) is 12.9. The van der Waals surface area contributed by atoms with Crippen LogP contribution in [0.3, 0.4) is 0 Å². The molecular formula is C34H61O7PS. The Morgan fingerprint density at radius 1 is 0.558 bits per heavy atom. The van der Waals surface area contributed by atoms with E-state index < -0.39 is 28.9 Å². The van der Waals surface area contributed by atoms with Gasteiger partial charge in [0, 0.05) is 0 Å². The van der Waals surface area contributed by atoms with Crippen molar-refractivity contribution in [2.75, 3.05) is 37.9 Å². The van der Waals surface area contributed by atoms with E-state index in [2.05, 4.69) is 41.5 Å². The van der Waals surface area contributed by atoms with Crippen LogP contribution in [0.5, 0.6) is 0 Å². The molecule has 9 heteroatoms. The van der Waals surface area contributed by atoms with Gasteiger partial charge in [0.2, 0.25) is 0 Å². The van der Waals surface area contributed by atoms with E-state index in [1.165, 1.54) is 18.2 Å². The van der Waals surface area contributed by atoms with Gasteiger partial charge in [0.05, 0.1) is 0 Å². The molecule has 0 aromatic heterocycles. The number of rotatable bonds is 25.